The lowest BCUT2D eigenvalue weighted by Gasteiger charge is -2.17. The van der Waals surface area contributed by atoms with E-state index in [1.807, 2.05) is 11.6 Å². The molecule has 1 aromatic heterocycles. The number of aryl methyl sites for hydroxylation is 1. The normalized spacial score (nSPS) is 20.0. The Morgan fingerprint density at radius 1 is 1.33 bits per heavy atom. The van der Waals surface area contributed by atoms with Gasteiger partial charge in [0.2, 0.25) is 5.91 Å². The molecule has 0 saturated heterocycles. The molecule has 2 rings (SSSR count). The van der Waals surface area contributed by atoms with E-state index in [1.165, 1.54) is 30.4 Å². The van der Waals surface area contributed by atoms with Crippen molar-refractivity contribution in [1.82, 2.24) is 15.2 Å². The monoisotopic (exact) mass is 291 g/mol. The second kappa shape index (κ2) is 7.12. The molecule has 21 heavy (non-hydrogen) atoms. The summed E-state index contributed by atoms with van der Waals surface area (Å²) in [6, 6.07) is 0.650. The minimum absolute atomic E-state index is 0.0994. The fraction of sp³-hybridized carbons (Fsp3) is 0.706. The fourth-order valence-electron chi connectivity index (χ4n) is 2.94. The van der Waals surface area contributed by atoms with Crippen LogP contribution in [0.4, 0.5) is 0 Å². The van der Waals surface area contributed by atoms with E-state index >= 15 is 0 Å². The van der Waals surface area contributed by atoms with Crippen molar-refractivity contribution in [3.8, 4) is 0 Å². The van der Waals surface area contributed by atoms with Crippen LogP contribution in [0, 0.1) is 5.92 Å². The van der Waals surface area contributed by atoms with Gasteiger partial charge in [0, 0.05) is 24.5 Å². The number of fused-ring (bicyclic) bond motifs is 1. The standard InChI is InChI=1S/C17H29N3O/c1-12(2)13(3)19-17(21)11-20-9-14-7-5-6-8-16(18-4)15(14)10-20/h9-10,12-13,16,18H,5-8,11H2,1-4H3,(H,19,21). The summed E-state index contributed by atoms with van der Waals surface area (Å²) < 4.78 is 2.04. The van der Waals surface area contributed by atoms with Crippen LogP contribution in [0.1, 0.15) is 57.2 Å². The van der Waals surface area contributed by atoms with Crippen molar-refractivity contribution < 1.29 is 4.79 Å². The first-order valence-corrected chi connectivity index (χ1v) is 8.16. The van der Waals surface area contributed by atoms with Crippen LogP contribution in [-0.4, -0.2) is 23.6 Å². The summed E-state index contributed by atoms with van der Waals surface area (Å²) in [6.07, 6.45) is 9.14. The Morgan fingerprint density at radius 3 is 2.76 bits per heavy atom. The van der Waals surface area contributed by atoms with E-state index in [1.54, 1.807) is 0 Å². The molecule has 1 aliphatic rings. The van der Waals surface area contributed by atoms with Crippen molar-refractivity contribution in [2.75, 3.05) is 7.05 Å². The third kappa shape index (κ3) is 4.10. The van der Waals surface area contributed by atoms with Crippen LogP contribution in [0.5, 0.6) is 0 Å². The lowest BCUT2D eigenvalue weighted by Crippen LogP contribution is -2.37. The third-order valence-corrected chi connectivity index (χ3v) is 4.62. The van der Waals surface area contributed by atoms with Gasteiger partial charge in [0.15, 0.2) is 0 Å². The number of hydrogen-bond acceptors (Lipinski definition) is 2. The quantitative estimate of drug-likeness (QED) is 0.819. The number of nitrogens with one attached hydrogen (secondary N) is 2. The smallest absolute Gasteiger partial charge is 0.240 e. The Morgan fingerprint density at radius 2 is 2.10 bits per heavy atom. The molecule has 0 aromatic carbocycles. The number of rotatable bonds is 5. The molecule has 0 radical (unpaired) electrons. The van der Waals surface area contributed by atoms with Gasteiger partial charge in [-0.25, -0.2) is 0 Å². The zero-order chi connectivity index (χ0) is 15.4. The Balaban J connectivity index is 2.03. The minimum atomic E-state index is 0.0994. The zero-order valence-corrected chi connectivity index (χ0v) is 13.8. The topological polar surface area (TPSA) is 46.1 Å². The Bertz CT molecular complexity index is 478. The third-order valence-electron chi connectivity index (χ3n) is 4.62. The molecule has 1 heterocycles. The summed E-state index contributed by atoms with van der Waals surface area (Å²) in [5.41, 5.74) is 2.77. The highest BCUT2D eigenvalue weighted by atomic mass is 16.2. The Kier molecular flexibility index (Phi) is 5.45. The number of aromatic nitrogens is 1. The zero-order valence-electron chi connectivity index (χ0n) is 13.8. The molecular weight excluding hydrogens is 262 g/mol. The van der Waals surface area contributed by atoms with Crippen LogP contribution in [0.2, 0.25) is 0 Å². The minimum Gasteiger partial charge on any atom is -0.352 e. The van der Waals surface area contributed by atoms with E-state index < -0.39 is 0 Å². The van der Waals surface area contributed by atoms with Crippen molar-refractivity contribution in [3.05, 3.63) is 23.5 Å². The summed E-state index contributed by atoms with van der Waals surface area (Å²) in [7, 11) is 2.02. The summed E-state index contributed by atoms with van der Waals surface area (Å²) in [6.45, 7) is 6.73. The molecule has 4 heteroatoms. The van der Waals surface area contributed by atoms with Gasteiger partial charge < -0.3 is 15.2 Å². The summed E-state index contributed by atoms with van der Waals surface area (Å²) in [5, 5.41) is 6.47. The van der Waals surface area contributed by atoms with Crippen molar-refractivity contribution in [2.45, 2.75) is 65.1 Å². The van der Waals surface area contributed by atoms with E-state index in [-0.39, 0.29) is 11.9 Å². The molecule has 1 amide bonds. The molecule has 2 unspecified atom stereocenters. The number of nitrogens with zero attached hydrogens (tertiary/aromatic N) is 1. The van der Waals surface area contributed by atoms with Crippen molar-refractivity contribution in [3.63, 3.8) is 0 Å². The van der Waals surface area contributed by atoms with Gasteiger partial charge >= 0.3 is 0 Å². The van der Waals surface area contributed by atoms with Crippen LogP contribution in [-0.2, 0) is 17.8 Å². The molecule has 2 N–H and O–H groups in total. The van der Waals surface area contributed by atoms with Crippen molar-refractivity contribution in [1.29, 1.82) is 0 Å². The molecule has 1 aliphatic carbocycles. The van der Waals surface area contributed by atoms with Crippen molar-refractivity contribution in [2.24, 2.45) is 5.92 Å². The van der Waals surface area contributed by atoms with Gasteiger partial charge in [-0.2, -0.15) is 0 Å². The SMILES string of the molecule is CNC1CCCCc2cn(CC(=O)NC(C)C(C)C)cc21. The molecule has 0 fully saturated rings. The summed E-state index contributed by atoms with van der Waals surface area (Å²) in [5.74, 6) is 0.561. The van der Waals surface area contributed by atoms with Gasteiger partial charge in [0.25, 0.3) is 0 Å². The fourth-order valence-corrected chi connectivity index (χ4v) is 2.94. The lowest BCUT2D eigenvalue weighted by atomic mass is 10.1. The second-order valence-corrected chi connectivity index (χ2v) is 6.60. The first-order chi connectivity index (χ1) is 10.0. The number of amides is 1. The van der Waals surface area contributed by atoms with E-state index in [0.29, 0.717) is 18.5 Å². The van der Waals surface area contributed by atoms with Gasteiger partial charge in [-0.15, -0.1) is 0 Å². The van der Waals surface area contributed by atoms with Gasteiger partial charge in [-0.3, -0.25) is 4.79 Å². The van der Waals surface area contributed by atoms with Gasteiger partial charge in [-0.1, -0.05) is 20.3 Å². The first kappa shape index (κ1) is 16.1. The van der Waals surface area contributed by atoms with Gasteiger partial charge in [0.1, 0.15) is 6.54 Å². The lowest BCUT2D eigenvalue weighted by molar-refractivity contribution is -0.122. The van der Waals surface area contributed by atoms with Gasteiger partial charge in [0.05, 0.1) is 0 Å². The number of hydrogen-bond donors (Lipinski definition) is 2. The van der Waals surface area contributed by atoms with Crippen LogP contribution in [0.15, 0.2) is 12.4 Å². The van der Waals surface area contributed by atoms with Crippen LogP contribution < -0.4 is 10.6 Å². The maximum absolute atomic E-state index is 12.1. The highest BCUT2D eigenvalue weighted by molar-refractivity contribution is 5.76. The summed E-state index contributed by atoms with van der Waals surface area (Å²) in [4.78, 5) is 12.1. The highest BCUT2D eigenvalue weighted by Gasteiger charge is 2.20. The van der Waals surface area contributed by atoms with Crippen molar-refractivity contribution >= 4 is 5.91 Å². The molecule has 1 aromatic rings. The predicted molar refractivity (Wildman–Crippen MR) is 86.2 cm³/mol. The van der Waals surface area contributed by atoms with E-state index in [4.69, 9.17) is 0 Å². The maximum Gasteiger partial charge on any atom is 0.240 e. The average molecular weight is 291 g/mol. The Labute approximate surface area is 128 Å². The molecule has 0 saturated carbocycles. The van der Waals surface area contributed by atoms with E-state index in [2.05, 4.69) is 43.8 Å². The summed E-state index contributed by atoms with van der Waals surface area (Å²) >= 11 is 0. The van der Waals surface area contributed by atoms with Crippen LogP contribution in [0.3, 0.4) is 0 Å². The largest absolute Gasteiger partial charge is 0.352 e. The highest BCUT2D eigenvalue weighted by Crippen LogP contribution is 2.29. The van der Waals surface area contributed by atoms with E-state index in [9.17, 15) is 4.79 Å². The molecule has 0 aliphatic heterocycles. The number of carbonyl (C=O) groups excluding carboxylic acids is 1. The van der Waals surface area contributed by atoms with Crippen LogP contribution in [0.25, 0.3) is 0 Å². The maximum atomic E-state index is 12.1. The Hall–Kier alpha value is -1.29. The van der Waals surface area contributed by atoms with Crippen LogP contribution >= 0.6 is 0 Å². The van der Waals surface area contributed by atoms with E-state index in [0.717, 1.165) is 6.42 Å². The second-order valence-electron chi connectivity index (χ2n) is 6.60. The predicted octanol–water partition coefficient (Wildman–Crippen LogP) is 2.64. The molecule has 2 atom stereocenters. The average Bonchev–Trinajstić information content (AvgIpc) is 2.71. The molecule has 118 valence electrons. The molecular formula is C17H29N3O. The first-order valence-electron chi connectivity index (χ1n) is 8.16. The molecule has 0 bridgehead atoms. The molecule has 0 spiro atoms. The van der Waals surface area contributed by atoms with Gasteiger partial charge in [-0.05, 0) is 50.3 Å². The molecule has 4 nitrogen and oxygen atoms in total. The number of carbonyl (C=O) groups is 1.